The van der Waals surface area contributed by atoms with Crippen LogP contribution in [-0.4, -0.2) is 61.4 Å². The Labute approximate surface area is 172 Å². The van der Waals surface area contributed by atoms with Gasteiger partial charge in [-0.15, -0.1) is 0 Å². The molecule has 0 radical (unpaired) electrons. The highest BCUT2D eigenvalue weighted by atomic mass is 35.5. The minimum Gasteiger partial charge on any atom is -0.394 e. The minimum absolute atomic E-state index is 0.0839. The van der Waals surface area contributed by atoms with E-state index in [1.54, 1.807) is 0 Å². The Morgan fingerprint density at radius 2 is 1.57 bits per heavy atom. The average molecular weight is 429 g/mol. The van der Waals surface area contributed by atoms with E-state index < -0.39 is 37.1 Å². The van der Waals surface area contributed by atoms with Crippen LogP contribution in [0.25, 0.3) is 0 Å². The first-order valence-electron chi connectivity index (χ1n) is 8.95. The summed E-state index contributed by atoms with van der Waals surface area (Å²) >= 11 is 12.4. The lowest BCUT2D eigenvalue weighted by Crippen LogP contribution is -2.55. The summed E-state index contributed by atoms with van der Waals surface area (Å²) < 4.78 is 5.53. The summed E-state index contributed by atoms with van der Waals surface area (Å²) in [7, 11) is 0. The molecule has 28 heavy (non-hydrogen) atoms. The van der Waals surface area contributed by atoms with Gasteiger partial charge in [0.25, 0.3) is 0 Å². The van der Waals surface area contributed by atoms with Crippen molar-refractivity contribution in [2.45, 2.75) is 50.3 Å². The van der Waals surface area contributed by atoms with Gasteiger partial charge < -0.3 is 25.2 Å². The van der Waals surface area contributed by atoms with Crippen molar-refractivity contribution in [3.05, 3.63) is 57.1 Å². The summed E-state index contributed by atoms with van der Waals surface area (Å²) in [5.41, 5.74) is 2.69. The number of aliphatic hydroxyl groups excluding tert-OH is 4. The van der Waals surface area contributed by atoms with Gasteiger partial charge in [0.15, 0.2) is 10.3 Å². The highest BCUT2D eigenvalue weighted by Gasteiger charge is 2.45. The van der Waals surface area contributed by atoms with E-state index in [1.165, 1.54) is 5.56 Å². The third-order valence-electron chi connectivity index (χ3n) is 4.87. The van der Waals surface area contributed by atoms with Gasteiger partial charge in [0.2, 0.25) is 0 Å². The molecule has 0 saturated carbocycles. The van der Waals surface area contributed by atoms with Crippen LogP contribution in [-0.2, 0) is 17.6 Å². The third-order valence-corrected chi connectivity index (χ3v) is 5.45. The van der Waals surface area contributed by atoms with Crippen LogP contribution in [0.4, 0.5) is 0 Å². The zero-order valence-corrected chi connectivity index (χ0v) is 16.7. The number of rotatable bonds is 5. The molecular weight excluding hydrogens is 407 g/mol. The molecule has 1 aromatic carbocycles. The van der Waals surface area contributed by atoms with Gasteiger partial charge in [0.1, 0.15) is 36.2 Å². The Bertz CT molecular complexity index is 819. The number of ether oxygens (including phenoxy) is 1. The predicted octanol–water partition coefficient (Wildman–Crippen LogP) is 1.45. The Kier molecular flexibility index (Phi) is 6.88. The largest absolute Gasteiger partial charge is 0.394 e. The normalized spacial score (nSPS) is 27.8. The Morgan fingerprint density at radius 3 is 2.18 bits per heavy atom. The molecule has 4 N–H and O–H groups in total. The average Bonchev–Trinajstić information content (AvgIpc) is 2.69. The number of aryl methyl sites for hydroxylation is 1. The molecule has 2 unspecified atom stereocenters. The Balaban J connectivity index is 1.92. The smallest absolute Gasteiger partial charge is 0.155 e. The quantitative estimate of drug-likeness (QED) is 0.569. The van der Waals surface area contributed by atoms with Crippen LogP contribution in [0.3, 0.4) is 0 Å². The van der Waals surface area contributed by atoms with Gasteiger partial charge in [-0.25, -0.2) is 9.97 Å². The molecule has 152 valence electrons. The first-order valence-corrected chi connectivity index (χ1v) is 9.71. The lowest BCUT2D eigenvalue weighted by molar-refractivity contribution is -0.232. The molecule has 0 amide bonds. The summed E-state index contributed by atoms with van der Waals surface area (Å²) in [5, 5.41) is 39.7. The van der Waals surface area contributed by atoms with E-state index in [0.29, 0.717) is 12.1 Å². The molecule has 2 heterocycles. The van der Waals surface area contributed by atoms with Crippen molar-refractivity contribution in [3.63, 3.8) is 0 Å². The first kappa shape index (κ1) is 21.4. The molecule has 2 aromatic rings. The molecule has 0 spiro atoms. The number of halogens is 2. The van der Waals surface area contributed by atoms with E-state index >= 15 is 0 Å². The maximum Gasteiger partial charge on any atom is 0.155 e. The molecular formula is C19H22Cl2N2O5. The molecule has 9 heteroatoms. The van der Waals surface area contributed by atoms with Crippen LogP contribution in [0.15, 0.2) is 24.3 Å². The number of nitrogens with zero attached hydrogens (tertiary/aromatic N) is 2. The third kappa shape index (κ3) is 4.31. The summed E-state index contributed by atoms with van der Waals surface area (Å²) in [6.45, 7) is 1.53. The van der Waals surface area contributed by atoms with Gasteiger partial charge in [0.05, 0.1) is 12.3 Å². The lowest BCUT2D eigenvalue weighted by atomic mass is 9.93. The fourth-order valence-corrected chi connectivity index (χ4v) is 3.62. The van der Waals surface area contributed by atoms with Crippen molar-refractivity contribution < 1.29 is 25.2 Å². The summed E-state index contributed by atoms with van der Waals surface area (Å²) in [6.07, 6.45) is -5.42. The van der Waals surface area contributed by atoms with Crippen molar-refractivity contribution in [1.29, 1.82) is 0 Å². The molecule has 1 fully saturated rings. The Morgan fingerprint density at radius 1 is 0.929 bits per heavy atom. The molecule has 1 aromatic heterocycles. The number of benzene rings is 1. The van der Waals surface area contributed by atoms with Crippen LogP contribution in [0, 0.1) is 0 Å². The zero-order chi connectivity index (χ0) is 20.4. The fraction of sp³-hybridized carbons (Fsp3) is 0.474. The fourth-order valence-electron chi connectivity index (χ4n) is 3.15. The highest BCUT2D eigenvalue weighted by Crippen LogP contribution is 2.35. The summed E-state index contributed by atoms with van der Waals surface area (Å²) in [4.78, 5) is 8.50. The van der Waals surface area contributed by atoms with Crippen molar-refractivity contribution in [3.8, 4) is 0 Å². The number of hydrogen-bond donors (Lipinski definition) is 4. The van der Waals surface area contributed by atoms with Gasteiger partial charge in [-0.1, -0.05) is 54.4 Å². The van der Waals surface area contributed by atoms with E-state index in [1.807, 2.05) is 24.3 Å². The Hall–Kier alpha value is -1.32. The van der Waals surface area contributed by atoms with Crippen LogP contribution >= 0.6 is 23.2 Å². The van der Waals surface area contributed by atoms with E-state index in [4.69, 9.17) is 27.9 Å². The van der Waals surface area contributed by atoms with Crippen molar-refractivity contribution in [2.75, 3.05) is 6.61 Å². The second-order valence-corrected chi connectivity index (χ2v) is 7.45. The van der Waals surface area contributed by atoms with Crippen molar-refractivity contribution in [2.24, 2.45) is 0 Å². The highest BCUT2D eigenvalue weighted by molar-refractivity contribution is 6.33. The van der Waals surface area contributed by atoms with Crippen LogP contribution in [0.5, 0.6) is 0 Å². The summed E-state index contributed by atoms with van der Waals surface area (Å²) in [5.74, 6) is 0. The SMILES string of the molecule is CCc1ccc(Cc2nc([C@@H]3OC(CO)[C@@H](O)C(O)[C@H]3O)c(Cl)nc2Cl)cc1. The van der Waals surface area contributed by atoms with Gasteiger partial charge in [-0.3, -0.25) is 0 Å². The molecule has 1 aliphatic heterocycles. The van der Waals surface area contributed by atoms with Crippen LogP contribution in [0.2, 0.25) is 10.3 Å². The van der Waals surface area contributed by atoms with Crippen molar-refractivity contribution in [1.82, 2.24) is 9.97 Å². The second-order valence-electron chi connectivity index (χ2n) is 6.73. The monoisotopic (exact) mass is 428 g/mol. The second kappa shape index (κ2) is 9.00. The van der Waals surface area contributed by atoms with Gasteiger partial charge in [-0.2, -0.15) is 0 Å². The maximum absolute atomic E-state index is 10.3. The zero-order valence-electron chi connectivity index (χ0n) is 15.2. The lowest BCUT2D eigenvalue weighted by Gasteiger charge is -2.39. The number of aromatic nitrogens is 2. The number of aliphatic hydroxyl groups is 4. The van der Waals surface area contributed by atoms with E-state index in [9.17, 15) is 20.4 Å². The number of hydrogen-bond acceptors (Lipinski definition) is 7. The molecule has 1 saturated heterocycles. The van der Waals surface area contributed by atoms with Crippen LogP contribution in [0.1, 0.15) is 35.5 Å². The molecule has 3 rings (SSSR count). The molecule has 0 bridgehead atoms. The maximum atomic E-state index is 10.3. The minimum atomic E-state index is -1.53. The van der Waals surface area contributed by atoms with Crippen LogP contribution < -0.4 is 0 Å². The molecule has 0 aliphatic carbocycles. The molecule has 5 atom stereocenters. The first-order chi connectivity index (χ1) is 13.3. The van der Waals surface area contributed by atoms with E-state index in [-0.39, 0.29) is 16.0 Å². The standard InChI is InChI=1S/C19H22Cl2N2O5/c1-2-9-3-5-10(6-4-9)7-11-18(20)23-19(21)13(22-11)17-16(27)15(26)14(25)12(8-24)28-17/h3-6,12,14-17,24-27H,2,7-8H2,1H3/t12?,14-,15?,16-,17+/m1/s1. The van der Waals surface area contributed by atoms with E-state index in [0.717, 1.165) is 12.0 Å². The predicted molar refractivity (Wildman–Crippen MR) is 103 cm³/mol. The van der Waals surface area contributed by atoms with Gasteiger partial charge in [-0.05, 0) is 17.5 Å². The molecule has 7 nitrogen and oxygen atoms in total. The van der Waals surface area contributed by atoms with Gasteiger partial charge >= 0.3 is 0 Å². The topological polar surface area (TPSA) is 116 Å². The van der Waals surface area contributed by atoms with Gasteiger partial charge in [0, 0.05) is 6.42 Å². The van der Waals surface area contributed by atoms with Crippen molar-refractivity contribution >= 4 is 23.2 Å². The van der Waals surface area contributed by atoms with E-state index in [2.05, 4.69) is 16.9 Å². The summed E-state index contributed by atoms with van der Waals surface area (Å²) in [6, 6.07) is 7.98. The molecule has 1 aliphatic rings.